The predicted molar refractivity (Wildman–Crippen MR) is 78.8 cm³/mol. The van der Waals surface area contributed by atoms with E-state index >= 15 is 0 Å². The molecule has 1 heterocycles. The molecule has 3 aliphatic rings. The van der Waals surface area contributed by atoms with Crippen LogP contribution < -0.4 is 0 Å². The molecule has 0 aromatic rings. The summed E-state index contributed by atoms with van der Waals surface area (Å²) in [5, 5.41) is 9.72. The first-order valence-electron chi connectivity index (χ1n) is 8.39. The van der Waals surface area contributed by atoms with E-state index in [2.05, 4.69) is 6.92 Å². The van der Waals surface area contributed by atoms with Gasteiger partial charge in [0.05, 0.1) is 23.7 Å². The highest BCUT2D eigenvalue weighted by Crippen LogP contribution is 2.52. The minimum atomic E-state index is -0.438. The van der Waals surface area contributed by atoms with Gasteiger partial charge in [-0.15, -0.1) is 0 Å². The fourth-order valence-electron chi connectivity index (χ4n) is 4.08. The Hall–Kier alpha value is -0.610. The maximum atomic E-state index is 12.4. The SMILES string of the molecule is CC(C)(OC(=O)C1CCCC(O)C1)C1CCC2(C)OC2C1. The van der Waals surface area contributed by atoms with Crippen LogP contribution in [0.1, 0.15) is 65.7 Å². The van der Waals surface area contributed by atoms with E-state index in [-0.39, 0.29) is 23.6 Å². The highest BCUT2D eigenvalue weighted by atomic mass is 16.6. The van der Waals surface area contributed by atoms with Gasteiger partial charge in [-0.05, 0) is 59.3 Å². The number of aliphatic hydroxyl groups is 1. The summed E-state index contributed by atoms with van der Waals surface area (Å²) in [4.78, 5) is 12.4. The lowest BCUT2D eigenvalue weighted by molar-refractivity contribution is -0.170. The van der Waals surface area contributed by atoms with Crippen molar-refractivity contribution in [2.75, 3.05) is 0 Å². The van der Waals surface area contributed by atoms with E-state index in [0.29, 0.717) is 18.4 Å². The van der Waals surface area contributed by atoms with E-state index in [1.807, 2.05) is 13.8 Å². The molecular weight excluding hydrogens is 268 g/mol. The van der Waals surface area contributed by atoms with Crippen LogP contribution in [0.4, 0.5) is 0 Å². The molecule has 4 heteroatoms. The Kier molecular flexibility index (Phi) is 3.81. The van der Waals surface area contributed by atoms with Crippen molar-refractivity contribution in [3.05, 3.63) is 0 Å². The topological polar surface area (TPSA) is 59.1 Å². The van der Waals surface area contributed by atoms with Gasteiger partial charge in [-0.25, -0.2) is 0 Å². The molecule has 4 nitrogen and oxygen atoms in total. The summed E-state index contributed by atoms with van der Waals surface area (Å²) in [5.41, 5.74) is -0.336. The summed E-state index contributed by atoms with van der Waals surface area (Å²) in [6.45, 7) is 6.23. The lowest BCUT2D eigenvalue weighted by Gasteiger charge is -2.38. The Balaban J connectivity index is 1.56. The van der Waals surface area contributed by atoms with Crippen molar-refractivity contribution in [3.8, 4) is 0 Å². The molecule has 21 heavy (non-hydrogen) atoms. The molecule has 2 aliphatic carbocycles. The van der Waals surface area contributed by atoms with Crippen molar-refractivity contribution in [1.29, 1.82) is 0 Å². The molecule has 0 amide bonds. The first kappa shape index (κ1) is 15.3. The number of esters is 1. The standard InChI is InChI=1S/C17H28O4/c1-16(2,12-7-8-17(3)14(10-12)20-17)21-15(19)11-5-4-6-13(18)9-11/h11-14,18H,4-10H2,1-3H3. The van der Waals surface area contributed by atoms with Crippen LogP contribution in [0.25, 0.3) is 0 Å². The summed E-state index contributed by atoms with van der Waals surface area (Å²) >= 11 is 0. The molecule has 0 radical (unpaired) electrons. The Bertz CT molecular complexity index is 419. The molecule has 3 rings (SSSR count). The summed E-state index contributed by atoms with van der Waals surface area (Å²) in [5.74, 6) is 0.124. The number of carbonyl (C=O) groups is 1. The molecule has 1 aliphatic heterocycles. The van der Waals surface area contributed by atoms with Crippen LogP contribution in [0.5, 0.6) is 0 Å². The van der Waals surface area contributed by atoms with Crippen LogP contribution in [-0.4, -0.2) is 34.5 Å². The fourth-order valence-corrected chi connectivity index (χ4v) is 4.08. The number of hydrogen-bond donors (Lipinski definition) is 1. The summed E-state index contributed by atoms with van der Waals surface area (Å²) in [6.07, 6.45) is 6.26. The van der Waals surface area contributed by atoms with Crippen molar-refractivity contribution < 1.29 is 19.4 Å². The number of rotatable bonds is 3. The highest BCUT2D eigenvalue weighted by molar-refractivity contribution is 5.73. The van der Waals surface area contributed by atoms with Gasteiger partial charge in [-0.1, -0.05) is 6.42 Å². The number of epoxide rings is 1. The third-order valence-corrected chi connectivity index (χ3v) is 5.85. The second-order valence-electron chi connectivity index (χ2n) is 7.93. The quantitative estimate of drug-likeness (QED) is 0.642. The maximum absolute atomic E-state index is 12.4. The smallest absolute Gasteiger partial charge is 0.309 e. The maximum Gasteiger partial charge on any atom is 0.309 e. The van der Waals surface area contributed by atoms with Gasteiger partial charge >= 0.3 is 5.97 Å². The molecule has 0 aromatic carbocycles. The zero-order valence-corrected chi connectivity index (χ0v) is 13.4. The Labute approximate surface area is 127 Å². The number of aliphatic hydroxyl groups excluding tert-OH is 1. The molecular formula is C17H28O4. The van der Waals surface area contributed by atoms with Gasteiger partial charge in [0.1, 0.15) is 5.60 Å². The van der Waals surface area contributed by atoms with Gasteiger partial charge in [0.2, 0.25) is 0 Å². The molecule has 2 saturated carbocycles. The highest BCUT2D eigenvalue weighted by Gasteiger charge is 2.57. The largest absolute Gasteiger partial charge is 0.459 e. The van der Waals surface area contributed by atoms with Gasteiger partial charge in [-0.2, -0.15) is 0 Å². The first-order valence-corrected chi connectivity index (χ1v) is 8.39. The van der Waals surface area contributed by atoms with Crippen molar-refractivity contribution in [3.63, 3.8) is 0 Å². The van der Waals surface area contributed by atoms with Crippen molar-refractivity contribution in [1.82, 2.24) is 0 Å². The first-order chi connectivity index (χ1) is 9.80. The van der Waals surface area contributed by atoms with Crippen LogP contribution in [0, 0.1) is 11.8 Å². The Morgan fingerprint density at radius 1 is 1.29 bits per heavy atom. The van der Waals surface area contributed by atoms with Crippen molar-refractivity contribution in [2.45, 2.75) is 89.1 Å². The minimum absolute atomic E-state index is 0.101. The van der Waals surface area contributed by atoms with E-state index in [1.165, 1.54) is 0 Å². The molecule has 0 aromatic heterocycles. The number of ether oxygens (including phenoxy) is 2. The van der Waals surface area contributed by atoms with Crippen LogP contribution in [-0.2, 0) is 14.3 Å². The van der Waals surface area contributed by atoms with Gasteiger partial charge in [0, 0.05) is 5.92 Å². The zero-order chi connectivity index (χ0) is 15.3. The number of carbonyl (C=O) groups excluding carboxylic acids is 1. The molecule has 3 fully saturated rings. The second-order valence-corrected chi connectivity index (χ2v) is 7.93. The molecule has 0 spiro atoms. The molecule has 1 N–H and O–H groups in total. The average molecular weight is 296 g/mol. The van der Waals surface area contributed by atoms with Gasteiger partial charge in [0.15, 0.2) is 0 Å². The molecule has 120 valence electrons. The predicted octanol–water partition coefficient (Wildman–Crippen LogP) is 2.82. The fraction of sp³-hybridized carbons (Fsp3) is 0.941. The third kappa shape index (κ3) is 3.11. The average Bonchev–Trinajstić information content (AvgIpc) is 3.08. The lowest BCUT2D eigenvalue weighted by Crippen LogP contribution is -2.42. The van der Waals surface area contributed by atoms with Crippen molar-refractivity contribution >= 4 is 5.97 Å². The van der Waals surface area contributed by atoms with Gasteiger partial charge in [0.25, 0.3) is 0 Å². The van der Waals surface area contributed by atoms with E-state index in [9.17, 15) is 9.90 Å². The summed E-state index contributed by atoms with van der Waals surface area (Å²) in [7, 11) is 0. The lowest BCUT2D eigenvalue weighted by atomic mass is 9.75. The van der Waals surface area contributed by atoms with E-state index in [4.69, 9.17) is 9.47 Å². The number of fused-ring (bicyclic) bond motifs is 1. The van der Waals surface area contributed by atoms with Crippen LogP contribution in [0.15, 0.2) is 0 Å². The van der Waals surface area contributed by atoms with Gasteiger partial charge < -0.3 is 14.6 Å². The Morgan fingerprint density at radius 2 is 2.05 bits per heavy atom. The van der Waals surface area contributed by atoms with Crippen LogP contribution in [0.2, 0.25) is 0 Å². The van der Waals surface area contributed by atoms with E-state index < -0.39 is 5.60 Å². The minimum Gasteiger partial charge on any atom is -0.459 e. The molecule has 0 bridgehead atoms. The van der Waals surface area contributed by atoms with Gasteiger partial charge in [-0.3, -0.25) is 4.79 Å². The summed E-state index contributed by atoms with van der Waals surface area (Å²) < 4.78 is 11.6. The second kappa shape index (κ2) is 5.24. The molecule has 5 atom stereocenters. The number of hydrogen-bond acceptors (Lipinski definition) is 4. The Morgan fingerprint density at radius 3 is 2.71 bits per heavy atom. The zero-order valence-electron chi connectivity index (χ0n) is 13.4. The van der Waals surface area contributed by atoms with E-state index in [1.54, 1.807) is 0 Å². The van der Waals surface area contributed by atoms with Crippen LogP contribution in [0.3, 0.4) is 0 Å². The normalized spacial score (nSPS) is 43.0. The monoisotopic (exact) mass is 296 g/mol. The van der Waals surface area contributed by atoms with Crippen LogP contribution >= 0.6 is 0 Å². The molecule has 1 saturated heterocycles. The third-order valence-electron chi connectivity index (χ3n) is 5.85. The van der Waals surface area contributed by atoms with Crippen molar-refractivity contribution in [2.24, 2.45) is 11.8 Å². The molecule has 5 unspecified atom stereocenters. The van der Waals surface area contributed by atoms with E-state index in [0.717, 1.165) is 38.5 Å². The summed E-state index contributed by atoms with van der Waals surface area (Å²) in [6, 6.07) is 0.